The molecule has 0 aliphatic rings. The van der Waals surface area contributed by atoms with Gasteiger partial charge in [0.15, 0.2) is 8.32 Å². The molecule has 0 aliphatic heterocycles. The molecule has 0 unspecified atom stereocenters. The summed E-state index contributed by atoms with van der Waals surface area (Å²) < 4.78 is 12.5. The fraction of sp³-hybridized carbons (Fsp3) is 0.538. The van der Waals surface area contributed by atoms with Gasteiger partial charge in [0, 0.05) is 12.5 Å². The maximum Gasteiger partial charge on any atom is 0.192 e. The first-order valence-corrected chi connectivity index (χ1v) is 13.9. The fourth-order valence-electron chi connectivity index (χ4n) is 3.64. The van der Waals surface area contributed by atoms with Gasteiger partial charge in [-0.15, -0.1) is 0 Å². The third-order valence-corrected chi connectivity index (χ3v) is 11.1. The van der Waals surface area contributed by atoms with Crippen LogP contribution in [0.3, 0.4) is 0 Å². The van der Waals surface area contributed by atoms with Crippen LogP contribution in [0.4, 0.5) is 0 Å². The van der Waals surface area contributed by atoms with E-state index in [4.69, 9.17) is 9.16 Å². The number of hydrogen-bond acceptors (Lipinski definition) is 3. The third-order valence-electron chi connectivity index (χ3n) is 6.49. The number of aryl methyl sites for hydroxylation is 2. The lowest BCUT2D eigenvalue weighted by atomic mass is 9.90. The number of aliphatic hydroxyl groups is 1. The van der Waals surface area contributed by atoms with Gasteiger partial charge in [-0.05, 0) is 91.3 Å². The van der Waals surface area contributed by atoms with Crippen molar-refractivity contribution in [2.45, 2.75) is 85.7 Å². The topological polar surface area (TPSA) is 38.7 Å². The van der Waals surface area contributed by atoms with Gasteiger partial charge >= 0.3 is 0 Å². The van der Waals surface area contributed by atoms with Gasteiger partial charge < -0.3 is 14.3 Å². The molecule has 30 heavy (non-hydrogen) atoms. The standard InChI is InChI=1S/C26H40O3Si/c1-18-15-23(28-14-13-20(3)29-30(8,9)26(5,6)7)16-19(2)25(18)24-12-10-11-22(17-27)21(24)4/h10-12,15-16,20,27H,13-14,17H2,1-9H3/t20-/m0/s1. The molecular formula is C26H40O3Si. The summed E-state index contributed by atoms with van der Waals surface area (Å²) in [6.45, 7) is 20.6. The summed E-state index contributed by atoms with van der Waals surface area (Å²) in [6, 6.07) is 10.4. The average molecular weight is 429 g/mol. The quantitative estimate of drug-likeness (QED) is 0.462. The zero-order valence-corrected chi connectivity index (χ0v) is 21.3. The largest absolute Gasteiger partial charge is 0.493 e. The Morgan fingerprint density at radius 2 is 1.63 bits per heavy atom. The van der Waals surface area contributed by atoms with Crippen LogP contribution in [0.15, 0.2) is 30.3 Å². The molecule has 0 heterocycles. The lowest BCUT2D eigenvalue weighted by Gasteiger charge is -2.38. The van der Waals surface area contributed by atoms with Crippen molar-refractivity contribution in [1.82, 2.24) is 0 Å². The predicted octanol–water partition coefficient (Wildman–Crippen LogP) is 6.95. The Morgan fingerprint density at radius 3 is 2.17 bits per heavy atom. The first kappa shape index (κ1) is 24.6. The Labute approximate surface area is 184 Å². The normalized spacial score (nSPS) is 13.4. The number of rotatable bonds is 8. The van der Waals surface area contributed by atoms with E-state index in [1.54, 1.807) is 0 Å². The van der Waals surface area contributed by atoms with Crippen LogP contribution in [0.1, 0.15) is 56.4 Å². The van der Waals surface area contributed by atoms with Crippen LogP contribution in [0.2, 0.25) is 18.1 Å². The van der Waals surface area contributed by atoms with Gasteiger partial charge in [-0.3, -0.25) is 0 Å². The van der Waals surface area contributed by atoms with E-state index in [9.17, 15) is 5.11 Å². The molecule has 3 nitrogen and oxygen atoms in total. The monoisotopic (exact) mass is 428 g/mol. The molecule has 0 saturated carbocycles. The highest BCUT2D eigenvalue weighted by molar-refractivity contribution is 6.74. The maximum absolute atomic E-state index is 9.60. The van der Waals surface area contributed by atoms with E-state index in [1.165, 1.54) is 22.3 Å². The highest BCUT2D eigenvalue weighted by atomic mass is 28.4. The summed E-state index contributed by atoms with van der Waals surface area (Å²) in [5, 5.41) is 9.82. The molecule has 1 N–H and O–H groups in total. The second-order valence-corrected chi connectivity index (χ2v) is 14.8. The molecule has 0 saturated heterocycles. The van der Waals surface area contributed by atoms with Gasteiger partial charge in [0.1, 0.15) is 5.75 Å². The summed E-state index contributed by atoms with van der Waals surface area (Å²) in [5.74, 6) is 0.907. The van der Waals surface area contributed by atoms with Gasteiger partial charge in [0.25, 0.3) is 0 Å². The van der Waals surface area contributed by atoms with Crippen LogP contribution in [0.25, 0.3) is 11.1 Å². The number of aliphatic hydroxyl groups excluding tert-OH is 1. The van der Waals surface area contributed by atoms with Crippen molar-refractivity contribution in [2.24, 2.45) is 0 Å². The van der Waals surface area contributed by atoms with Crippen molar-refractivity contribution in [2.75, 3.05) is 6.61 Å². The van der Waals surface area contributed by atoms with E-state index >= 15 is 0 Å². The number of hydrogen-bond donors (Lipinski definition) is 1. The second-order valence-electron chi connectivity index (χ2n) is 10.0. The van der Waals surface area contributed by atoms with E-state index in [0.717, 1.165) is 23.3 Å². The summed E-state index contributed by atoms with van der Waals surface area (Å²) in [6.07, 6.45) is 1.07. The minimum atomic E-state index is -1.75. The molecule has 0 aromatic heterocycles. The van der Waals surface area contributed by atoms with Gasteiger partial charge in [-0.25, -0.2) is 0 Å². The minimum Gasteiger partial charge on any atom is -0.493 e. The molecule has 0 radical (unpaired) electrons. The van der Waals surface area contributed by atoms with Crippen molar-refractivity contribution in [1.29, 1.82) is 0 Å². The summed E-state index contributed by atoms with van der Waals surface area (Å²) >= 11 is 0. The molecule has 4 heteroatoms. The molecule has 0 aliphatic carbocycles. The molecule has 2 rings (SSSR count). The second kappa shape index (κ2) is 9.67. The Hall–Kier alpha value is -1.62. The summed E-state index contributed by atoms with van der Waals surface area (Å²) in [7, 11) is -1.75. The van der Waals surface area contributed by atoms with Crippen LogP contribution >= 0.6 is 0 Å². The van der Waals surface area contributed by atoms with Crippen LogP contribution in [0.5, 0.6) is 5.75 Å². The van der Waals surface area contributed by atoms with Gasteiger partial charge in [0.05, 0.1) is 13.2 Å². The summed E-state index contributed by atoms with van der Waals surface area (Å²) in [4.78, 5) is 0. The van der Waals surface area contributed by atoms with Crippen molar-refractivity contribution < 1.29 is 14.3 Å². The van der Waals surface area contributed by atoms with Crippen molar-refractivity contribution in [3.05, 3.63) is 52.6 Å². The number of benzene rings is 2. The molecule has 166 valence electrons. The third kappa shape index (κ3) is 5.74. The Kier molecular flexibility index (Phi) is 7.95. The highest BCUT2D eigenvalue weighted by Gasteiger charge is 2.38. The van der Waals surface area contributed by atoms with E-state index in [0.29, 0.717) is 6.61 Å². The molecule has 0 amide bonds. The van der Waals surface area contributed by atoms with Crippen molar-refractivity contribution in [3.8, 4) is 16.9 Å². The average Bonchev–Trinajstić information content (AvgIpc) is 2.61. The molecule has 0 bridgehead atoms. The van der Waals surface area contributed by atoms with Crippen LogP contribution in [-0.2, 0) is 11.0 Å². The SMILES string of the molecule is Cc1cc(OCC[C@H](C)O[Si](C)(C)C(C)(C)C)cc(C)c1-c1cccc(CO)c1C. The fourth-order valence-corrected chi connectivity index (χ4v) is 5.12. The van der Waals surface area contributed by atoms with Gasteiger partial charge in [0.2, 0.25) is 0 Å². The van der Waals surface area contributed by atoms with Crippen LogP contribution in [-0.4, -0.2) is 26.1 Å². The van der Waals surface area contributed by atoms with E-state index in [2.05, 4.69) is 79.8 Å². The molecule has 2 aromatic rings. The highest BCUT2D eigenvalue weighted by Crippen LogP contribution is 2.38. The minimum absolute atomic E-state index is 0.0636. The molecule has 0 fully saturated rings. The Bertz CT molecular complexity index is 842. The van der Waals surface area contributed by atoms with E-state index < -0.39 is 8.32 Å². The molecule has 0 spiro atoms. The van der Waals surface area contributed by atoms with Crippen molar-refractivity contribution in [3.63, 3.8) is 0 Å². The lowest BCUT2D eigenvalue weighted by Crippen LogP contribution is -2.43. The lowest BCUT2D eigenvalue weighted by molar-refractivity contribution is 0.161. The first-order chi connectivity index (χ1) is 13.9. The van der Waals surface area contributed by atoms with E-state index in [-0.39, 0.29) is 17.7 Å². The molecule has 2 aromatic carbocycles. The summed E-state index contributed by atoms with van der Waals surface area (Å²) in [5.41, 5.74) is 6.89. The number of ether oxygens (including phenoxy) is 1. The van der Waals surface area contributed by atoms with Gasteiger partial charge in [-0.2, -0.15) is 0 Å². The first-order valence-electron chi connectivity index (χ1n) is 11.0. The zero-order chi connectivity index (χ0) is 22.7. The predicted molar refractivity (Wildman–Crippen MR) is 130 cm³/mol. The van der Waals surface area contributed by atoms with Gasteiger partial charge in [-0.1, -0.05) is 39.0 Å². The maximum atomic E-state index is 9.60. The van der Waals surface area contributed by atoms with Crippen molar-refractivity contribution >= 4 is 8.32 Å². The molecular weight excluding hydrogens is 388 g/mol. The Morgan fingerprint density at radius 1 is 1.03 bits per heavy atom. The molecule has 1 atom stereocenters. The zero-order valence-electron chi connectivity index (χ0n) is 20.3. The van der Waals surface area contributed by atoms with Crippen LogP contribution in [0, 0.1) is 20.8 Å². The Balaban J connectivity index is 2.08. The van der Waals surface area contributed by atoms with E-state index in [1.807, 2.05) is 12.1 Å². The smallest absolute Gasteiger partial charge is 0.192 e. The van der Waals surface area contributed by atoms with Crippen LogP contribution < -0.4 is 4.74 Å².